The van der Waals surface area contributed by atoms with Crippen LogP contribution in [-0.2, 0) is 11.3 Å². The van der Waals surface area contributed by atoms with Crippen LogP contribution in [0.4, 0.5) is 0 Å². The summed E-state index contributed by atoms with van der Waals surface area (Å²) in [6, 6.07) is 4.02. The third kappa shape index (κ3) is 4.95. The van der Waals surface area contributed by atoms with Gasteiger partial charge in [-0.25, -0.2) is 0 Å². The van der Waals surface area contributed by atoms with E-state index in [2.05, 4.69) is 32.8 Å². The van der Waals surface area contributed by atoms with Gasteiger partial charge in [-0.15, -0.1) is 0 Å². The third-order valence-electron chi connectivity index (χ3n) is 2.86. The first-order valence-electron chi connectivity index (χ1n) is 6.09. The molecule has 1 N–H and O–H groups in total. The van der Waals surface area contributed by atoms with Crippen molar-refractivity contribution in [1.29, 1.82) is 0 Å². The average molecular weight is 350 g/mol. The summed E-state index contributed by atoms with van der Waals surface area (Å²) < 4.78 is 11.7. The van der Waals surface area contributed by atoms with E-state index in [9.17, 15) is 0 Å². The van der Waals surface area contributed by atoms with Crippen molar-refractivity contribution in [2.45, 2.75) is 13.0 Å². The SMILES string of the molecule is Ic1ccc(CNCCCN2CCOCC2)o1. The second kappa shape index (κ2) is 7.35. The van der Waals surface area contributed by atoms with Crippen molar-refractivity contribution in [3.05, 3.63) is 21.7 Å². The van der Waals surface area contributed by atoms with E-state index in [1.807, 2.05) is 12.1 Å². The van der Waals surface area contributed by atoms with Crippen LogP contribution in [-0.4, -0.2) is 44.3 Å². The molecule has 2 rings (SSSR count). The summed E-state index contributed by atoms with van der Waals surface area (Å²) in [5.74, 6) is 1.01. The highest BCUT2D eigenvalue weighted by molar-refractivity contribution is 14.1. The van der Waals surface area contributed by atoms with Gasteiger partial charge in [0.05, 0.1) is 19.8 Å². The second-order valence-electron chi connectivity index (χ2n) is 4.19. The molecule has 0 atom stereocenters. The molecule has 0 aliphatic carbocycles. The van der Waals surface area contributed by atoms with Crippen LogP contribution < -0.4 is 5.32 Å². The van der Waals surface area contributed by atoms with Crippen LogP contribution in [0, 0.1) is 3.77 Å². The molecule has 1 aromatic rings. The Kier molecular flexibility index (Phi) is 5.76. The smallest absolute Gasteiger partial charge is 0.164 e. The van der Waals surface area contributed by atoms with Crippen molar-refractivity contribution in [2.24, 2.45) is 0 Å². The molecule has 4 nitrogen and oxygen atoms in total. The lowest BCUT2D eigenvalue weighted by Gasteiger charge is -2.26. The molecule has 5 heteroatoms. The minimum atomic E-state index is 0.826. The molecule has 0 amide bonds. The zero-order valence-electron chi connectivity index (χ0n) is 9.95. The molecule has 1 saturated heterocycles. The molecule has 0 spiro atoms. The van der Waals surface area contributed by atoms with Crippen molar-refractivity contribution < 1.29 is 9.15 Å². The van der Waals surface area contributed by atoms with E-state index in [1.54, 1.807) is 0 Å². The highest BCUT2D eigenvalue weighted by atomic mass is 127. The van der Waals surface area contributed by atoms with Gasteiger partial charge in [0.2, 0.25) is 0 Å². The van der Waals surface area contributed by atoms with Crippen LogP contribution >= 0.6 is 22.6 Å². The number of halogens is 1. The Labute approximate surface area is 116 Å². The number of furan rings is 1. The highest BCUT2D eigenvalue weighted by Gasteiger charge is 2.08. The molecule has 1 fully saturated rings. The van der Waals surface area contributed by atoms with E-state index in [1.165, 1.54) is 6.42 Å². The molecule has 2 heterocycles. The minimum absolute atomic E-state index is 0.826. The molecular weight excluding hydrogens is 331 g/mol. The fraction of sp³-hybridized carbons (Fsp3) is 0.667. The van der Waals surface area contributed by atoms with E-state index in [-0.39, 0.29) is 0 Å². The Balaban J connectivity index is 1.51. The largest absolute Gasteiger partial charge is 0.454 e. The van der Waals surface area contributed by atoms with Crippen molar-refractivity contribution in [1.82, 2.24) is 10.2 Å². The molecule has 0 saturated carbocycles. The summed E-state index contributed by atoms with van der Waals surface area (Å²) in [4.78, 5) is 2.46. The Bertz CT molecular complexity index is 324. The molecule has 17 heavy (non-hydrogen) atoms. The Morgan fingerprint density at radius 2 is 2.12 bits per heavy atom. The predicted octanol–water partition coefficient (Wildman–Crippen LogP) is 1.70. The van der Waals surface area contributed by atoms with Gasteiger partial charge >= 0.3 is 0 Å². The highest BCUT2D eigenvalue weighted by Crippen LogP contribution is 2.09. The minimum Gasteiger partial charge on any atom is -0.454 e. The van der Waals surface area contributed by atoms with Crippen molar-refractivity contribution in [3.8, 4) is 0 Å². The quantitative estimate of drug-likeness (QED) is 0.626. The zero-order valence-corrected chi connectivity index (χ0v) is 12.1. The van der Waals surface area contributed by atoms with Gasteiger partial charge in [0.1, 0.15) is 5.76 Å². The summed E-state index contributed by atoms with van der Waals surface area (Å²) >= 11 is 2.19. The van der Waals surface area contributed by atoms with E-state index < -0.39 is 0 Å². The van der Waals surface area contributed by atoms with E-state index in [4.69, 9.17) is 9.15 Å². The van der Waals surface area contributed by atoms with Crippen LogP contribution in [0.3, 0.4) is 0 Å². The first-order chi connectivity index (χ1) is 8.34. The molecule has 96 valence electrons. The molecule has 0 bridgehead atoms. The Morgan fingerprint density at radius 1 is 1.29 bits per heavy atom. The number of hydrogen-bond donors (Lipinski definition) is 1. The summed E-state index contributed by atoms with van der Waals surface area (Å²) in [6.45, 7) is 6.95. The maximum atomic E-state index is 5.48. The lowest BCUT2D eigenvalue weighted by atomic mass is 10.3. The molecule has 1 aliphatic heterocycles. The van der Waals surface area contributed by atoms with E-state index >= 15 is 0 Å². The topological polar surface area (TPSA) is 37.6 Å². The van der Waals surface area contributed by atoms with Gasteiger partial charge in [0.25, 0.3) is 0 Å². The number of rotatable bonds is 6. The van der Waals surface area contributed by atoms with Crippen LogP contribution in [0.2, 0.25) is 0 Å². The van der Waals surface area contributed by atoms with Gasteiger partial charge in [0, 0.05) is 13.1 Å². The number of nitrogens with one attached hydrogen (secondary N) is 1. The van der Waals surface area contributed by atoms with Crippen molar-refractivity contribution in [2.75, 3.05) is 39.4 Å². The second-order valence-corrected chi connectivity index (χ2v) is 5.25. The van der Waals surface area contributed by atoms with Gasteiger partial charge in [0.15, 0.2) is 3.77 Å². The standard InChI is InChI=1S/C12H19IN2O2/c13-12-3-2-11(17-12)10-14-4-1-5-15-6-8-16-9-7-15/h2-3,14H,1,4-10H2. The lowest BCUT2D eigenvalue weighted by Crippen LogP contribution is -2.37. The first-order valence-corrected chi connectivity index (χ1v) is 7.17. The van der Waals surface area contributed by atoms with Crippen LogP contribution in [0.5, 0.6) is 0 Å². The molecule has 0 unspecified atom stereocenters. The molecule has 0 aromatic carbocycles. The molecule has 1 aliphatic rings. The number of nitrogens with zero attached hydrogens (tertiary/aromatic N) is 1. The van der Waals surface area contributed by atoms with Crippen molar-refractivity contribution >= 4 is 22.6 Å². The fourth-order valence-corrected chi connectivity index (χ4v) is 2.37. The zero-order chi connectivity index (χ0) is 11.9. The monoisotopic (exact) mass is 350 g/mol. The van der Waals surface area contributed by atoms with Crippen molar-refractivity contribution in [3.63, 3.8) is 0 Å². The summed E-state index contributed by atoms with van der Waals surface area (Å²) in [5, 5.41) is 3.40. The third-order valence-corrected chi connectivity index (χ3v) is 3.44. The number of ether oxygens (including phenoxy) is 1. The first kappa shape index (κ1) is 13.3. The summed E-state index contributed by atoms with van der Waals surface area (Å²) in [5.41, 5.74) is 0. The van der Waals surface area contributed by atoms with Gasteiger partial charge in [-0.05, 0) is 54.2 Å². The number of morpholine rings is 1. The maximum absolute atomic E-state index is 5.48. The predicted molar refractivity (Wildman–Crippen MR) is 75.0 cm³/mol. The van der Waals surface area contributed by atoms with E-state index in [0.717, 1.165) is 55.5 Å². The Morgan fingerprint density at radius 3 is 2.82 bits per heavy atom. The van der Waals surface area contributed by atoms with Gasteiger partial charge in [-0.2, -0.15) is 0 Å². The van der Waals surface area contributed by atoms with Crippen LogP contribution in [0.1, 0.15) is 12.2 Å². The van der Waals surface area contributed by atoms with Gasteiger partial charge in [-0.3, -0.25) is 4.90 Å². The number of hydrogen-bond acceptors (Lipinski definition) is 4. The fourth-order valence-electron chi connectivity index (χ4n) is 1.91. The molecule has 0 radical (unpaired) electrons. The summed E-state index contributed by atoms with van der Waals surface area (Å²) in [6.07, 6.45) is 1.18. The van der Waals surface area contributed by atoms with Gasteiger partial charge in [-0.1, -0.05) is 0 Å². The van der Waals surface area contributed by atoms with Crippen LogP contribution in [0.15, 0.2) is 16.5 Å². The molecule has 1 aromatic heterocycles. The maximum Gasteiger partial charge on any atom is 0.164 e. The lowest BCUT2D eigenvalue weighted by molar-refractivity contribution is 0.0374. The van der Waals surface area contributed by atoms with Gasteiger partial charge < -0.3 is 14.5 Å². The average Bonchev–Trinajstić information content (AvgIpc) is 2.76. The normalized spacial score (nSPS) is 17.5. The van der Waals surface area contributed by atoms with Crippen LogP contribution in [0.25, 0.3) is 0 Å². The molecular formula is C12H19IN2O2. The van der Waals surface area contributed by atoms with E-state index in [0.29, 0.717) is 0 Å². The summed E-state index contributed by atoms with van der Waals surface area (Å²) in [7, 11) is 0. The Hall–Kier alpha value is -0.110.